The minimum atomic E-state index is -3.02. The number of nitrogens with zero attached hydrogens (tertiary/aromatic N) is 2. The predicted octanol–water partition coefficient (Wildman–Crippen LogP) is 5.38. The standard InChI is InChI=1S/C20H16Cl2F2N2O4/c1-11-7-18(26(25-11)10-13-3-5-14(21)9-15(13)22)30-19(27)12-4-6-16(29-20(23)24)17(8-12)28-2/h3-9,20H,10H2,1-2H3. The average Bonchev–Trinajstić information content (AvgIpc) is 3.02. The fourth-order valence-corrected chi connectivity index (χ4v) is 3.14. The molecule has 1 aromatic heterocycles. The molecule has 158 valence electrons. The van der Waals surface area contributed by atoms with Crippen LogP contribution in [-0.2, 0) is 6.54 Å². The summed E-state index contributed by atoms with van der Waals surface area (Å²) in [6.45, 7) is -1.03. The molecular formula is C20H16Cl2F2N2O4. The van der Waals surface area contributed by atoms with Crippen molar-refractivity contribution in [3.05, 3.63) is 69.3 Å². The lowest BCUT2D eigenvalue weighted by Crippen LogP contribution is -2.13. The van der Waals surface area contributed by atoms with Crippen molar-refractivity contribution in [2.75, 3.05) is 7.11 Å². The van der Waals surface area contributed by atoms with Crippen LogP contribution >= 0.6 is 23.2 Å². The molecule has 0 bridgehead atoms. The molecule has 3 aromatic rings. The van der Waals surface area contributed by atoms with Gasteiger partial charge in [0.15, 0.2) is 11.5 Å². The molecule has 0 aliphatic rings. The van der Waals surface area contributed by atoms with Gasteiger partial charge in [-0.2, -0.15) is 13.9 Å². The monoisotopic (exact) mass is 456 g/mol. The smallest absolute Gasteiger partial charge is 0.387 e. The molecule has 30 heavy (non-hydrogen) atoms. The van der Waals surface area contributed by atoms with Crippen LogP contribution < -0.4 is 14.2 Å². The highest BCUT2D eigenvalue weighted by Crippen LogP contribution is 2.30. The summed E-state index contributed by atoms with van der Waals surface area (Å²) in [5, 5.41) is 5.27. The van der Waals surface area contributed by atoms with E-state index in [4.69, 9.17) is 32.7 Å². The molecule has 3 rings (SSSR count). The van der Waals surface area contributed by atoms with E-state index in [0.29, 0.717) is 15.7 Å². The number of benzene rings is 2. The predicted molar refractivity (Wildman–Crippen MR) is 107 cm³/mol. The van der Waals surface area contributed by atoms with E-state index in [-0.39, 0.29) is 29.5 Å². The maximum atomic E-state index is 12.6. The molecule has 0 spiro atoms. The molecule has 0 radical (unpaired) electrons. The van der Waals surface area contributed by atoms with Gasteiger partial charge in [0, 0.05) is 16.1 Å². The Kier molecular flexibility index (Phi) is 6.79. The summed E-state index contributed by atoms with van der Waals surface area (Å²) in [6, 6.07) is 10.4. The van der Waals surface area contributed by atoms with Gasteiger partial charge in [0.1, 0.15) is 0 Å². The second-order valence-electron chi connectivity index (χ2n) is 6.15. The first kappa shape index (κ1) is 21.9. The molecule has 0 atom stereocenters. The van der Waals surface area contributed by atoms with Crippen molar-refractivity contribution in [2.45, 2.75) is 20.1 Å². The van der Waals surface area contributed by atoms with Gasteiger partial charge >= 0.3 is 12.6 Å². The lowest BCUT2D eigenvalue weighted by Gasteiger charge is -2.12. The van der Waals surface area contributed by atoms with Crippen LogP contribution in [0.2, 0.25) is 10.0 Å². The van der Waals surface area contributed by atoms with Crippen LogP contribution in [0.25, 0.3) is 0 Å². The summed E-state index contributed by atoms with van der Waals surface area (Å²) in [4.78, 5) is 12.6. The maximum Gasteiger partial charge on any atom is 0.387 e. The second kappa shape index (κ2) is 9.32. The summed E-state index contributed by atoms with van der Waals surface area (Å²) < 4.78 is 41.2. The Morgan fingerprint density at radius 2 is 1.90 bits per heavy atom. The summed E-state index contributed by atoms with van der Waals surface area (Å²) >= 11 is 12.1. The third-order valence-electron chi connectivity index (χ3n) is 4.01. The van der Waals surface area contributed by atoms with Gasteiger partial charge in [-0.05, 0) is 42.8 Å². The van der Waals surface area contributed by atoms with Crippen molar-refractivity contribution in [1.29, 1.82) is 0 Å². The zero-order valence-electron chi connectivity index (χ0n) is 15.9. The number of carbonyl (C=O) groups excluding carboxylic acids is 1. The summed E-state index contributed by atoms with van der Waals surface area (Å²) in [5.74, 6) is -0.750. The van der Waals surface area contributed by atoms with Crippen LogP contribution in [0, 0.1) is 6.92 Å². The number of halogens is 4. The van der Waals surface area contributed by atoms with E-state index in [1.807, 2.05) is 0 Å². The van der Waals surface area contributed by atoms with Crippen LogP contribution in [0.15, 0.2) is 42.5 Å². The molecular weight excluding hydrogens is 441 g/mol. The van der Waals surface area contributed by atoms with Crippen LogP contribution in [0.4, 0.5) is 8.78 Å². The Morgan fingerprint density at radius 3 is 2.57 bits per heavy atom. The first-order valence-electron chi connectivity index (χ1n) is 8.60. The molecule has 0 saturated carbocycles. The first-order valence-corrected chi connectivity index (χ1v) is 9.36. The van der Waals surface area contributed by atoms with E-state index in [2.05, 4.69) is 9.84 Å². The van der Waals surface area contributed by atoms with Gasteiger partial charge in [0.25, 0.3) is 0 Å². The van der Waals surface area contributed by atoms with E-state index in [1.165, 1.54) is 30.0 Å². The summed E-state index contributed by atoms with van der Waals surface area (Å²) in [6.07, 6.45) is 0. The number of aromatic nitrogens is 2. The van der Waals surface area contributed by atoms with Gasteiger partial charge in [-0.3, -0.25) is 0 Å². The van der Waals surface area contributed by atoms with Gasteiger partial charge in [-0.25, -0.2) is 9.48 Å². The molecule has 1 heterocycles. The quantitative estimate of drug-likeness (QED) is 0.446. The number of esters is 1. The van der Waals surface area contributed by atoms with Crippen LogP contribution in [0.3, 0.4) is 0 Å². The first-order chi connectivity index (χ1) is 14.3. The molecule has 0 aliphatic carbocycles. The van der Waals surface area contributed by atoms with Gasteiger partial charge < -0.3 is 14.2 Å². The summed E-state index contributed by atoms with van der Waals surface area (Å²) in [5.41, 5.74) is 1.45. The Hall–Kier alpha value is -2.84. The van der Waals surface area contributed by atoms with E-state index in [9.17, 15) is 13.6 Å². The largest absolute Gasteiger partial charge is 0.493 e. The number of hydrogen-bond donors (Lipinski definition) is 0. The number of ether oxygens (including phenoxy) is 3. The van der Waals surface area contributed by atoms with E-state index in [0.717, 1.165) is 5.56 Å². The number of alkyl halides is 2. The minimum absolute atomic E-state index is 0.0256. The average molecular weight is 457 g/mol. The molecule has 0 fully saturated rings. The highest BCUT2D eigenvalue weighted by atomic mass is 35.5. The van der Waals surface area contributed by atoms with E-state index >= 15 is 0 Å². The molecule has 0 unspecified atom stereocenters. The number of methoxy groups -OCH3 is 1. The van der Waals surface area contributed by atoms with Gasteiger partial charge in [0.05, 0.1) is 24.9 Å². The zero-order chi connectivity index (χ0) is 21.8. The maximum absolute atomic E-state index is 12.6. The van der Waals surface area contributed by atoms with Crippen molar-refractivity contribution in [3.8, 4) is 17.4 Å². The van der Waals surface area contributed by atoms with Crippen LogP contribution in [0.1, 0.15) is 21.6 Å². The van der Waals surface area contributed by atoms with Gasteiger partial charge in [-0.15, -0.1) is 0 Å². The lowest BCUT2D eigenvalue weighted by atomic mass is 10.2. The minimum Gasteiger partial charge on any atom is -0.493 e. The van der Waals surface area contributed by atoms with Crippen molar-refractivity contribution in [3.63, 3.8) is 0 Å². The fraction of sp³-hybridized carbons (Fsp3) is 0.200. The van der Waals surface area contributed by atoms with Crippen molar-refractivity contribution < 1.29 is 27.8 Å². The van der Waals surface area contributed by atoms with Crippen LogP contribution in [-0.4, -0.2) is 29.5 Å². The van der Waals surface area contributed by atoms with Gasteiger partial charge in [-0.1, -0.05) is 29.3 Å². The molecule has 10 heteroatoms. The molecule has 0 aliphatic heterocycles. The number of carbonyl (C=O) groups is 1. The number of aryl methyl sites for hydroxylation is 1. The number of rotatable bonds is 7. The highest BCUT2D eigenvalue weighted by molar-refractivity contribution is 6.35. The van der Waals surface area contributed by atoms with Gasteiger partial charge in [0.2, 0.25) is 5.88 Å². The van der Waals surface area contributed by atoms with Crippen LogP contribution in [0.5, 0.6) is 17.4 Å². The SMILES string of the molecule is COc1cc(C(=O)Oc2cc(C)nn2Cc2ccc(Cl)cc2Cl)ccc1OC(F)F. The normalized spacial score (nSPS) is 10.9. The molecule has 2 aromatic carbocycles. The Balaban J connectivity index is 1.82. The third-order valence-corrected chi connectivity index (χ3v) is 4.60. The number of hydrogen-bond acceptors (Lipinski definition) is 5. The Bertz CT molecular complexity index is 1070. The highest BCUT2D eigenvalue weighted by Gasteiger charge is 2.18. The molecule has 0 saturated heterocycles. The lowest BCUT2D eigenvalue weighted by molar-refractivity contribution is -0.0512. The topological polar surface area (TPSA) is 62.6 Å². The fourth-order valence-electron chi connectivity index (χ4n) is 2.67. The molecule has 0 N–H and O–H groups in total. The Morgan fingerprint density at radius 1 is 1.13 bits per heavy atom. The molecule has 6 nitrogen and oxygen atoms in total. The second-order valence-corrected chi connectivity index (χ2v) is 6.99. The molecule has 0 amide bonds. The van der Waals surface area contributed by atoms with Crippen molar-refractivity contribution in [1.82, 2.24) is 9.78 Å². The van der Waals surface area contributed by atoms with Crippen molar-refractivity contribution in [2.24, 2.45) is 0 Å². The van der Waals surface area contributed by atoms with E-state index in [1.54, 1.807) is 31.2 Å². The summed E-state index contributed by atoms with van der Waals surface area (Å²) in [7, 11) is 1.27. The third kappa shape index (κ3) is 5.20. The Labute approximate surface area is 180 Å². The zero-order valence-corrected chi connectivity index (χ0v) is 17.4. The van der Waals surface area contributed by atoms with Crippen molar-refractivity contribution >= 4 is 29.2 Å². The van der Waals surface area contributed by atoms with E-state index < -0.39 is 12.6 Å².